The number of nitrogens with zero attached hydrogens (tertiary/aromatic N) is 3. The highest BCUT2D eigenvalue weighted by Gasteiger charge is 2.09. The first-order valence-electron chi connectivity index (χ1n) is 5.06. The summed E-state index contributed by atoms with van der Waals surface area (Å²) >= 11 is 3.21. The van der Waals surface area contributed by atoms with Gasteiger partial charge in [0.2, 0.25) is 0 Å². The third-order valence-corrected chi connectivity index (χ3v) is 2.65. The van der Waals surface area contributed by atoms with E-state index in [4.69, 9.17) is 10.00 Å². The predicted octanol–water partition coefficient (Wildman–Crippen LogP) is 2.86. The van der Waals surface area contributed by atoms with E-state index in [1.807, 2.05) is 0 Å². The van der Waals surface area contributed by atoms with Crippen LogP contribution in [0.2, 0.25) is 0 Å². The van der Waals surface area contributed by atoms with Gasteiger partial charge in [-0.3, -0.25) is 0 Å². The van der Waals surface area contributed by atoms with Crippen LogP contribution in [0.15, 0.2) is 35.2 Å². The number of methoxy groups -OCH3 is 1. The van der Waals surface area contributed by atoms with Crippen molar-refractivity contribution in [2.24, 2.45) is 0 Å². The fourth-order valence-corrected chi connectivity index (χ4v) is 1.63. The van der Waals surface area contributed by atoms with E-state index < -0.39 is 0 Å². The molecule has 1 heterocycles. The maximum atomic E-state index is 9.07. The molecule has 18 heavy (non-hydrogen) atoms. The van der Waals surface area contributed by atoms with Gasteiger partial charge >= 0.3 is 0 Å². The Morgan fingerprint density at radius 1 is 1.33 bits per heavy atom. The Kier molecular flexibility index (Phi) is 3.75. The van der Waals surface area contributed by atoms with Gasteiger partial charge in [-0.2, -0.15) is 5.26 Å². The standard InChI is InChI=1S/C12H9BrN4O/c1-18-9-4-2-3-8(5-14)12(9)17-11-7-15-10(13)6-16-11/h2-4,6-7H,1H3,(H,16,17). The van der Waals surface area contributed by atoms with Crippen molar-refractivity contribution in [1.29, 1.82) is 5.26 Å². The summed E-state index contributed by atoms with van der Waals surface area (Å²) in [7, 11) is 1.55. The van der Waals surface area contributed by atoms with E-state index in [-0.39, 0.29) is 0 Å². The number of hydrogen-bond acceptors (Lipinski definition) is 5. The van der Waals surface area contributed by atoms with Crippen molar-refractivity contribution in [1.82, 2.24) is 9.97 Å². The van der Waals surface area contributed by atoms with Gasteiger partial charge in [-0.15, -0.1) is 0 Å². The zero-order valence-electron chi connectivity index (χ0n) is 9.51. The average Bonchev–Trinajstić information content (AvgIpc) is 2.41. The number of hydrogen-bond donors (Lipinski definition) is 1. The fraction of sp³-hybridized carbons (Fsp3) is 0.0833. The molecule has 6 heteroatoms. The Labute approximate surface area is 113 Å². The van der Waals surface area contributed by atoms with Crippen molar-refractivity contribution in [2.45, 2.75) is 0 Å². The molecule has 0 radical (unpaired) electrons. The number of anilines is 2. The molecule has 0 amide bonds. The molecule has 0 saturated carbocycles. The molecule has 2 aromatic rings. The number of para-hydroxylation sites is 1. The van der Waals surface area contributed by atoms with Crippen molar-refractivity contribution >= 4 is 27.4 Å². The molecular weight excluding hydrogens is 296 g/mol. The number of aromatic nitrogens is 2. The quantitative estimate of drug-likeness (QED) is 0.944. The number of rotatable bonds is 3. The second-order valence-electron chi connectivity index (χ2n) is 3.34. The minimum Gasteiger partial charge on any atom is -0.495 e. The monoisotopic (exact) mass is 304 g/mol. The van der Waals surface area contributed by atoms with Crippen molar-refractivity contribution in [3.63, 3.8) is 0 Å². The van der Waals surface area contributed by atoms with E-state index >= 15 is 0 Å². The van der Waals surface area contributed by atoms with Crippen molar-refractivity contribution in [3.8, 4) is 11.8 Å². The lowest BCUT2D eigenvalue weighted by Crippen LogP contribution is -1.99. The van der Waals surface area contributed by atoms with Gasteiger partial charge in [-0.1, -0.05) is 6.07 Å². The number of nitriles is 1. The third kappa shape index (κ3) is 2.57. The molecule has 0 fully saturated rings. The maximum absolute atomic E-state index is 9.07. The Morgan fingerprint density at radius 2 is 2.17 bits per heavy atom. The van der Waals surface area contributed by atoms with Gasteiger partial charge in [-0.05, 0) is 28.1 Å². The molecule has 0 bridgehead atoms. The first-order chi connectivity index (χ1) is 8.74. The van der Waals surface area contributed by atoms with Crippen LogP contribution in [-0.2, 0) is 0 Å². The average molecular weight is 305 g/mol. The predicted molar refractivity (Wildman–Crippen MR) is 70.7 cm³/mol. The highest BCUT2D eigenvalue weighted by atomic mass is 79.9. The number of halogens is 1. The second-order valence-corrected chi connectivity index (χ2v) is 4.16. The van der Waals surface area contributed by atoms with Crippen molar-refractivity contribution in [3.05, 3.63) is 40.8 Å². The van der Waals surface area contributed by atoms with E-state index in [9.17, 15) is 0 Å². The van der Waals surface area contributed by atoms with E-state index in [0.29, 0.717) is 27.4 Å². The molecule has 0 saturated heterocycles. The van der Waals surface area contributed by atoms with E-state index in [2.05, 4.69) is 37.3 Å². The number of ether oxygens (including phenoxy) is 1. The van der Waals surface area contributed by atoms with Gasteiger partial charge < -0.3 is 10.1 Å². The normalized spacial score (nSPS) is 9.61. The molecule has 0 unspecified atom stereocenters. The molecule has 0 aliphatic rings. The van der Waals surface area contributed by atoms with Gasteiger partial charge in [0, 0.05) is 0 Å². The van der Waals surface area contributed by atoms with Crippen LogP contribution in [0.4, 0.5) is 11.5 Å². The summed E-state index contributed by atoms with van der Waals surface area (Å²) in [5.74, 6) is 1.12. The molecule has 0 aliphatic heterocycles. The lowest BCUT2D eigenvalue weighted by molar-refractivity contribution is 0.416. The lowest BCUT2D eigenvalue weighted by atomic mass is 10.2. The highest BCUT2D eigenvalue weighted by molar-refractivity contribution is 9.10. The molecule has 1 N–H and O–H groups in total. The van der Waals surface area contributed by atoms with Crippen LogP contribution < -0.4 is 10.1 Å². The van der Waals surface area contributed by atoms with Crippen LogP contribution in [0.3, 0.4) is 0 Å². The summed E-state index contributed by atoms with van der Waals surface area (Å²) < 4.78 is 5.86. The van der Waals surface area contributed by atoms with Crippen LogP contribution in [0.5, 0.6) is 5.75 Å². The molecule has 0 atom stereocenters. The van der Waals surface area contributed by atoms with Gasteiger partial charge in [0.05, 0.1) is 25.1 Å². The van der Waals surface area contributed by atoms with Gasteiger partial charge in [0.1, 0.15) is 27.9 Å². The van der Waals surface area contributed by atoms with Crippen LogP contribution in [-0.4, -0.2) is 17.1 Å². The summed E-state index contributed by atoms with van der Waals surface area (Å²) in [4.78, 5) is 8.19. The molecular formula is C12H9BrN4O. The van der Waals surface area contributed by atoms with Gasteiger partial charge in [0.15, 0.2) is 0 Å². The van der Waals surface area contributed by atoms with Crippen LogP contribution in [0.25, 0.3) is 0 Å². The SMILES string of the molecule is COc1cccc(C#N)c1Nc1cnc(Br)cn1. The zero-order chi connectivity index (χ0) is 13.0. The molecule has 5 nitrogen and oxygen atoms in total. The molecule has 1 aromatic heterocycles. The Morgan fingerprint density at radius 3 is 2.78 bits per heavy atom. The molecule has 0 aliphatic carbocycles. The zero-order valence-corrected chi connectivity index (χ0v) is 11.1. The minimum atomic E-state index is 0.485. The largest absolute Gasteiger partial charge is 0.495 e. The van der Waals surface area contributed by atoms with Crippen LogP contribution in [0, 0.1) is 11.3 Å². The highest BCUT2D eigenvalue weighted by Crippen LogP contribution is 2.30. The van der Waals surface area contributed by atoms with Crippen molar-refractivity contribution < 1.29 is 4.74 Å². The Hall–Kier alpha value is -2.13. The number of benzene rings is 1. The maximum Gasteiger partial charge on any atom is 0.149 e. The van der Waals surface area contributed by atoms with Gasteiger partial charge in [-0.25, -0.2) is 9.97 Å². The summed E-state index contributed by atoms with van der Waals surface area (Å²) in [6.45, 7) is 0. The molecule has 0 spiro atoms. The Balaban J connectivity index is 2.39. The summed E-state index contributed by atoms with van der Waals surface area (Å²) in [6.07, 6.45) is 3.14. The lowest BCUT2D eigenvalue weighted by Gasteiger charge is -2.11. The first kappa shape index (κ1) is 12.3. The minimum absolute atomic E-state index is 0.485. The van der Waals surface area contributed by atoms with Crippen LogP contribution >= 0.6 is 15.9 Å². The fourth-order valence-electron chi connectivity index (χ4n) is 1.43. The van der Waals surface area contributed by atoms with E-state index in [1.165, 1.54) is 0 Å². The van der Waals surface area contributed by atoms with Crippen molar-refractivity contribution in [2.75, 3.05) is 12.4 Å². The smallest absolute Gasteiger partial charge is 0.149 e. The van der Waals surface area contributed by atoms with Crippen LogP contribution in [0.1, 0.15) is 5.56 Å². The Bertz CT molecular complexity index is 592. The first-order valence-corrected chi connectivity index (χ1v) is 5.85. The second kappa shape index (κ2) is 5.47. The third-order valence-electron chi connectivity index (χ3n) is 2.24. The molecule has 90 valence electrons. The molecule has 1 aromatic carbocycles. The van der Waals surface area contributed by atoms with Gasteiger partial charge in [0.25, 0.3) is 0 Å². The van der Waals surface area contributed by atoms with E-state index in [1.54, 1.807) is 37.7 Å². The number of nitrogens with one attached hydrogen (secondary N) is 1. The summed E-state index contributed by atoms with van der Waals surface area (Å²) in [5, 5.41) is 12.1. The van der Waals surface area contributed by atoms with E-state index in [0.717, 1.165) is 0 Å². The molecule has 2 rings (SSSR count). The topological polar surface area (TPSA) is 70.8 Å². The summed E-state index contributed by atoms with van der Waals surface area (Å²) in [5.41, 5.74) is 1.07. The summed E-state index contributed by atoms with van der Waals surface area (Å²) in [6, 6.07) is 7.34.